The van der Waals surface area contributed by atoms with E-state index in [2.05, 4.69) is 15.0 Å². The molecule has 6 rings (SSSR count). The van der Waals surface area contributed by atoms with Crippen LogP contribution in [0.15, 0.2) is 67.0 Å². The summed E-state index contributed by atoms with van der Waals surface area (Å²) in [5.41, 5.74) is 2.06. The lowest BCUT2D eigenvalue weighted by Gasteiger charge is -2.27. The Hall–Kier alpha value is -4.61. The number of carboxylic acid groups (broad SMARTS) is 1. The van der Waals surface area contributed by atoms with E-state index >= 15 is 0 Å². The molecular weight excluding hydrogens is 527 g/mol. The molecule has 0 amide bonds. The third kappa shape index (κ3) is 4.59. The number of aromatic nitrogens is 3. The third-order valence-electron chi connectivity index (χ3n) is 6.67. The van der Waals surface area contributed by atoms with E-state index in [-0.39, 0.29) is 47.7 Å². The van der Waals surface area contributed by atoms with Crippen molar-refractivity contribution < 1.29 is 37.3 Å². The number of imidazole rings is 1. The summed E-state index contributed by atoms with van der Waals surface area (Å²) in [5, 5.41) is 9.20. The van der Waals surface area contributed by atoms with E-state index in [0.717, 1.165) is 17.7 Å². The Morgan fingerprint density at radius 2 is 1.88 bits per heavy atom. The molecule has 1 aliphatic heterocycles. The number of benzene rings is 3. The van der Waals surface area contributed by atoms with Crippen LogP contribution < -0.4 is 4.74 Å². The molecule has 5 aromatic rings. The van der Waals surface area contributed by atoms with Gasteiger partial charge in [0.25, 0.3) is 0 Å². The lowest BCUT2D eigenvalue weighted by molar-refractivity contribution is -0.136. The minimum atomic E-state index is -1.37. The molecular formula is C29H22F3N3O5. The molecule has 3 aromatic carbocycles. The fourth-order valence-electron chi connectivity index (χ4n) is 4.77. The van der Waals surface area contributed by atoms with Crippen LogP contribution in [-0.4, -0.2) is 39.2 Å². The molecule has 0 saturated carbocycles. The number of nitrogens with zero attached hydrogens (tertiary/aromatic N) is 1. The average molecular weight is 550 g/mol. The second-order valence-electron chi connectivity index (χ2n) is 9.24. The smallest absolute Gasteiger partial charge is 0.303 e. The molecule has 204 valence electrons. The van der Waals surface area contributed by atoms with Gasteiger partial charge >= 0.3 is 5.97 Å². The zero-order valence-electron chi connectivity index (χ0n) is 20.8. The van der Waals surface area contributed by atoms with E-state index in [4.69, 9.17) is 19.3 Å². The number of hydrogen-bond donors (Lipinski definition) is 3. The van der Waals surface area contributed by atoms with Crippen molar-refractivity contribution in [2.45, 2.75) is 18.6 Å². The molecule has 0 radical (unpaired) electrons. The fourth-order valence-corrected chi connectivity index (χ4v) is 4.77. The van der Waals surface area contributed by atoms with E-state index in [9.17, 15) is 18.0 Å². The molecule has 3 heterocycles. The molecule has 1 aliphatic rings. The highest BCUT2D eigenvalue weighted by Gasteiger charge is 2.42. The Morgan fingerprint density at radius 3 is 2.67 bits per heavy atom. The summed E-state index contributed by atoms with van der Waals surface area (Å²) in [6.07, 6.45) is 3.23. The highest BCUT2D eigenvalue weighted by molar-refractivity contribution is 5.82. The van der Waals surface area contributed by atoms with Crippen LogP contribution in [-0.2, 0) is 26.5 Å². The summed E-state index contributed by atoms with van der Waals surface area (Å²) in [6.45, 7) is 0.571. The summed E-state index contributed by atoms with van der Waals surface area (Å²) in [6, 6.07) is 13.4. The van der Waals surface area contributed by atoms with E-state index < -0.39 is 35.0 Å². The fraction of sp³-hybridized carbons (Fsp3) is 0.172. The van der Waals surface area contributed by atoms with Crippen molar-refractivity contribution in [2.75, 3.05) is 13.2 Å². The number of hydrogen-bond acceptors (Lipinski definition) is 5. The lowest BCUT2D eigenvalue weighted by Crippen LogP contribution is -2.29. The van der Waals surface area contributed by atoms with Crippen LogP contribution in [0.1, 0.15) is 23.2 Å². The lowest BCUT2D eigenvalue weighted by atomic mass is 9.98. The summed E-state index contributed by atoms with van der Waals surface area (Å²) in [5.74, 6) is -5.22. The van der Waals surface area contributed by atoms with Crippen LogP contribution in [0.5, 0.6) is 11.5 Å². The number of aliphatic carboxylic acids is 1. The number of aryl methyl sites for hydroxylation is 1. The summed E-state index contributed by atoms with van der Waals surface area (Å²) in [7, 11) is 0. The number of nitrogens with one attached hydrogen (secondary N) is 2. The molecule has 3 N–H and O–H groups in total. The number of ether oxygens (including phenoxy) is 3. The second-order valence-corrected chi connectivity index (χ2v) is 9.24. The first-order chi connectivity index (χ1) is 19.3. The highest BCUT2D eigenvalue weighted by Crippen LogP contribution is 2.40. The minimum Gasteiger partial charge on any atom is -0.481 e. The summed E-state index contributed by atoms with van der Waals surface area (Å²) >= 11 is 0. The molecule has 0 unspecified atom stereocenters. The standard InChI is InChI=1S/C29H22F3N3O5/c30-21-6-5-18(40-27-22(31)14-23-19(26(27)32)8-9-33-23)13-20(21)28-34-15-24(35-28)29(38-10-11-39-29)17-3-1-2-16(12-17)4-7-25(36)37/h1-3,5-6,8-9,12-15,33H,4,7,10-11H2,(H,34,35)(H,36,37). The maximum atomic E-state index is 14.9. The van der Waals surface area contributed by atoms with Gasteiger partial charge in [0.1, 0.15) is 23.1 Å². The van der Waals surface area contributed by atoms with Gasteiger partial charge in [-0.3, -0.25) is 4.79 Å². The van der Waals surface area contributed by atoms with Crippen LogP contribution in [0.25, 0.3) is 22.3 Å². The maximum absolute atomic E-state index is 14.9. The predicted octanol–water partition coefficient (Wildman–Crippen LogP) is 6.03. The van der Waals surface area contributed by atoms with Crippen molar-refractivity contribution in [1.82, 2.24) is 15.0 Å². The van der Waals surface area contributed by atoms with Crippen molar-refractivity contribution in [2.24, 2.45) is 0 Å². The van der Waals surface area contributed by atoms with Crippen LogP contribution >= 0.6 is 0 Å². The Morgan fingerprint density at radius 1 is 1.05 bits per heavy atom. The normalized spacial score (nSPS) is 14.6. The van der Waals surface area contributed by atoms with Gasteiger partial charge in [-0.1, -0.05) is 18.2 Å². The van der Waals surface area contributed by atoms with E-state index in [1.165, 1.54) is 30.6 Å². The molecule has 1 fully saturated rings. The predicted molar refractivity (Wildman–Crippen MR) is 137 cm³/mol. The van der Waals surface area contributed by atoms with Crippen molar-refractivity contribution in [3.05, 3.63) is 101 Å². The second kappa shape index (κ2) is 10.2. The van der Waals surface area contributed by atoms with Gasteiger partial charge in [0, 0.05) is 29.6 Å². The van der Waals surface area contributed by atoms with Gasteiger partial charge in [0.05, 0.1) is 30.5 Å². The Bertz CT molecular complexity index is 1730. The van der Waals surface area contributed by atoms with Gasteiger partial charge in [0.15, 0.2) is 17.4 Å². The van der Waals surface area contributed by atoms with Gasteiger partial charge in [-0.25, -0.2) is 18.2 Å². The van der Waals surface area contributed by atoms with Gasteiger partial charge < -0.3 is 29.3 Å². The van der Waals surface area contributed by atoms with Crippen molar-refractivity contribution >= 4 is 16.9 Å². The topological polar surface area (TPSA) is 109 Å². The van der Waals surface area contributed by atoms with Crippen LogP contribution in [0.2, 0.25) is 0 Å². The number of halogens is 3. The monoisotopic (exact) mass is 549 g/mol. The van der Waals surface area contributed by atoms with Gasteiger partial charge in [-0.05, 0) is 42.3 Å². The zero-order valence-corrected chi connectivity index (χ0v) is 20.8. The molecule has 11 heteroatoms. The largest absolute Gasteiger partial charge is 0.481 e. The first kappa shape index (κ1) is 25.7. The number of carbonyl (C=O) groups is 1. The number of rotatable bonds is 8. The Balaban J connectivity index is 1.33. The minimum absolute atomic E-state index is 0.00347. The van der Waals surface area contributed by atoms with Crippen LogP contribution in [0.4, 0.5) is 13.2 Å². The molecule has 40 heavy (non-hydrogen) atoms. The molecule has 1 saturated heterocycles. The zero-order chi connectivity index (χ0) is 27.9. The molecule has 2 aromatic heterocycles. The Kier molecular flexibility index (Phi) is 6.53. The number of aromatic amines is 2. The molecule has 0 atom stereocenters. The quantitative estimate of drug-likeness (QED) is 0.218. The van der Waals surface area contributed by atoms with Crippen molar-refractivity contribution in [3.8, 4) is 22.9 Å². The maximum Gasteiger partial charge on any atom is 0.303 e. The van der Waals surface area contributed by atoms with E-state index in [1.807, 2.05) is 6.07 Å². The highest BCUT2D eigenvalue weighted by atomic mass is 19.1. The van der Waals surface area contributed by atoms with Crippen molar-refractivity contribution in [3.63, 3.8) is 0 Å². The SMILES string of the molecule is O=C(O)CCc1cccc(C2(c3cnc(-c4cc(Oc5c(F)cc6[nH]ccc6c5F)ccc4F)[nH]3)OCCO2)c1. The number of fused-ring (bicyclic) bond motifs is 1. The summed E-state index contributed by atoms with van der Waals surface area (Å²) in [4.78, 5) is 21.1. The van der Waals surface area contributed by atoms with E-state index in [0.29, 0.717) is 17.7 Å². The van der Waals surface area contributed by atoms with Crippen LogP contribution in [0, 0.1) is 17.5 Å². The molecule has 0 aliphatic carbocycles. The first-order valence-corrected chi connectivity index (χ1v) is 12.4. The van der Waals surface area contributed by atoms with Crippen molar-refractivity contribution in [1.29, 1.82) is 0 Å². The third-order valence-corrected chi connectivity index (χ3v) is 6.67. The van der Waals surface area contributed by atoms with Crippen LogP contribution in [0.3, 0.4) is 0 Å². The van der Waals surface area contributed by atoms with Gasteiger partial charge in [-0.15, -0.1) is 0 Å². The van der Waals surface area contributed by atoms with Gasteiger partial charge in [0.2, 0.25) is 5.79 Å². The number of H-pyrrole nitrogens is 2. The molecule has 0 bridgehead atoms. The summed E-state index contributed by atoms with van der Waals surface area (Å²) < 4.78 is 62.0. The number of carboxylic acids is 1. The molecule has 0 spiro atoms. The first-order valence-electron chi connectivity index (χ1n) is 12.4. The molecule has 8 nitrogen and oxygen atoms in total. The Labute approximate surface area is 225 Å². The van der Waals surface area contributed by atoms with Gasteiger partial charge in [-0.2, -0.15) is 0 Å². The average Bonchev–Trinajstić information content (AvgIpc) is 3.72. The van der Waals surface area contributed by atoms with E-state index in [1.54, 1.807) is 18.2 Å².